The molecule has 0 bridgehead atoms. The summed E-state index contributed by atoms with van der Waals surface area (Å²) in [6, 6.07) is 3.44. The first-order valence-corrected chi connectivity index (χ1v) is 8.06. The zero-order valence-corrected chi connectivity index (χ0v) is 12.9. The summed E-state index contributed by atoms with van der Waals surface area (Å²) in [7, 11) is 0. The first-order valence-electron chi connectivity index (χ1n) is 7.29. The standard InChI is InChI=1S/C14H13N5O3S/c20-19(21)12-6-9(13-8-15-17-23-13)5-11-10(12)7-16-18(11)14-3-1-2-4-22-14/h5-8,14H,1-4H2. The second kappa shape index (κ2) is 5.67. The van der Waals surface area contributed by atoms with E-state index in [1.54, 1.807) is 23.1 Å². The minimum absolute atomic E-state index is 0.0351. The highest BCUT2D eigenvalue weighted by atomic mass is 32.1. The van der Waals surface area contributed by atoms with Crippen molar-refractivity contribution in [3.8, 4) is 10.4 Å². The van der Waals surface area contributed by atoms with Crippen molar-refractivity contribution in [1.29, 1.82) is 0 Å². The van der Waals surface area contributed by atoms with Gasteiger partial charge in [-0.05, 0) is 36.9 Å². The van der Waals surface area contributed by atoms with Gasteiger partial charge >= 0.3 is 0 Å². The van der Waals surface area contributed by atoms with Crippen molar-refractivity contribution in [2.45, 2.75) is 25.5 Å². The third-order valence-corrected chi connectivity index (χ3v) is 4.68. The van der Waals surface area contributed by atoms with Crippen molar-refractivity contribution in [3.05, 3.63) is 34.6 Å². The minimum Gasteiger partial charge on any atom is -0.356 e. The van der Waals surface area contributed by atoms with Crippen LogP contribution in [-0.2, 0) is 4.74 Å². The van der Waals surface area contributed by atoms with E-state index in [0.29, 0.717) is 17.5 Å². The van der Waals surface area contributed by atoms with Gasteiger partial charge in [-0.2, -0.15) is 5.10 Å². The van der Waals surface area contributed by atoms with E-state index >= 15 is 0 Å². The smallest absolute Gasteiger partial charge is 0.281 e. The Balaban J connectivity index is 1.91. The van der Waals surface area contributed by atoms with Crippen LogP contribution in [0.2, 0.25) is 0 Å². The van der Waals surface area contributed by atoms with Gasteiger partial charge in [0.2, 0.25) is 0 Å². The largest absolute Gasteiger partial charge is 0.356 e. The number of benzene rings is 1. The summed E-state index contributed by atoms with van der Waals surface area (Å²) < 4.78 is 11.3. The quantitative estimate of drug-likeness (QED) is 0.540. The molecule has 9 heteroatoms. The zero-order valence-electron chi connectivity index (χ0n) is 12.1. The van der Waals surface area contributed by atoms with Crippen molar-refractivity contribution in [1.82, 2.24) is 19.4 Å². The number of fused-ring (bicyclic) bond motifs is 1. The monoisotopic (exact) mass is 331 g/mol. The van der Waals surface area contributed by atoms with Crippen LogP contribution < -0.4 is 0 Å². The lowest BCUT2D eigenvalue weighted by atomic mass is 10.1. The molecule has 1 aliphatic rings. The van der Waals surface area contributed by atoms with Crippen LogP contribution in [0.3, 0.4) is 0 Å². The van der Waals surface area contributed by atoms with Crippen LogP contribution >= 0.6 is 11.5 Å². The molecule has 8 nitrogen and oxygen atoms in total. The lowest BCUT2D eigenvalue weighted by Gasteiger charge is -2.23. The van der Waals surface area contributed by atoms with E-state index in [-0.39, 0.29) is 16.8 Å². The summed E-state index contributed by atoms with van der Waals surface area (Å²) in [5.74, 6) is 0. The molecular weight excluding hydrogens is 318 g/mol. The number of aromatic nitrogens is 4. The molecule has 2 aromatic heterocycles. The van der Waals surface area contributed by atoms with Gasteiger partial charge in [0.15, 0.2) is 6.23 Å². The van der Waals surface area contributed by atoms with Gasteiger partial charge in [0.1, 0.15) is 0 Å². The van der Waals surface area contributed by atoms with E-state index in [4.69, 9.17) is 4.74 Å². The minimum atomic E-state index is -0.381. The van der Waals surface area contributed by atoms with Gasteiger partial charge in [-0.3, -0.25) is 10.1 Å². The van der Waals surface area contributed by atoms with Crippen LogP contribution in [0.15, 0.2) is 24.5 Å². The van der Waals surface area contributed by atoms with Gasteiger partial charge in [-0.25, -0.2) is 4.68 Å². The predicted molar refractivity (Wildman–Crippen MR) is 84.1 cm³/mol. The maximum Gasteiger partial charge on any atom is 0.281 e. The van der Waals surface area contributed by atoms with Gasteiger partial charge < -0.3 is 4.74 Å². The fourth-order valence-electron chi connectivity index (χ4n) is 2.86. The van der Waals surface area contributed by atoms with Crippen molar-refractivity contribution < 1.29 is 9.66 Å². The fourth-order valence-corrected chi connectivity index (χ4v) is 3.36. The molecule has 118 valence electrons. The Bertz CT molecular complexity index is 855. The number of nitro benzene ring substituents is 1. The third-order valence-electron chi connectivity index (χ3n) is 3.97. The molecule has 0 aliphatic carbocycles. The summed E-state index contributed by atoms with van der Waals surface area (Å²) in [5.41, 5.74) is 1.46. The molecule has 1 atom stereocenters. The second-order valence-electron chi connectivity index (χ2n) is 5.38. The van der Waals surface area contributed by atoms with Crippen LogP contribution in [0.1, 0.15) is 25.5 Å². The summed E-state index contributed by atoms with van der Waals surface area (Å²) in [6.45, 7) is 0.687. The molecule has 0 amide bonds. The Morgan fingerprint density at radius 3 is 2.96 bits per heavy atom. The molecule has 1 saturated heterocycles. The number of hydrogen-bond donors (Lipinski definition) is 0. The van der Waals surface area contributed by atoms with Crippen LogP contribution in [0.25, 0.3) is 21.3 Å². The van der Waals surface area contributed by atoms with Crippen LogP contribution in [0.4, 0.5) is 5.69 Å². The molecule has 0 spiro atoms. The number of non-ortho nitro benzene ring substituents is 1. The molecule has 1 aromatic carbocycles. The molecule has 0 radical (unpaired) electrons. The first-order chi connectivity index (χ1) is 11.2. The van der Waals surface area contributed by atoms with E-state index in [9.17, 15) is 10.1 Å². The first kappa shape index (κ1) is 14.2. The highest BCUT2D eigenvalue weighted by molar-refractivity contribution is 7.09. The molecule has 3 aromatic rings. The van der Waals surface area contributed by atoms with Crippen molar-refractivity contribution in [2.75, 3.05) is 6.61 Å². The average Bonchev–Trinajstić information content (AvgIpc) is 3.24. The van der Waals surface area contributed by atoms with Crippen LogP contribution in [0, 0.1) is 10.1 Å². The lowest BCUT2D eigenvalue weighted by Crippen LogP contribution is -2.18. The van der Waals surface area contributed by atoms with E-state index < -0.39 is 0 Å². The van der Waals surface area contributed by atoms with Crippen molar-refractivity contribution >= 4 is 28.1 Å². The van der Waals surface area contributed by atoms with E-state index in [2.05, 4.69) is 14.7 Å². The number of nitro groups is 1. The van der Waals surface area contributed by atoms with Gasteiger partial charge in [0, 0.05) is 18.2 Å². The third kappa shape index (κ3) is 2.47. The van der Waals surface area contributed by atoms with Gasteiger partial charge in [0.05, 0.1) is 33.1 Å². The highest BCUT2D eigenvalue weighted by Crippen LogP contribution is 2.35. The summed E-state index contributed by atoms with van der Waals surface area (Å²) in [5, 5.41) is 20.1. The molecule has 1 aliphatic heterocycles. The SMILES string of the molecule is O=[N+]([O-])c1cc(-c2cnns2)cc2c1cnn2C1CCCCO1. The zero-order chi connectivity index (χ0) is 15.8. The number of nitrogens with zero attached hydrogens (tertiary/aromatic N) is 5. The van der Waals surface area contributed by atoms with Gasteiger partial charge in [-0.15, -0.1) is 5.10 Å². The molecule has 1 fully saturated rings. The molecule has 4 rings (SSSR count). The van der Waals surface area contributed by atoms with Crippen molar-refractivity contribution in [3.63, 3.8) is 0 Å². The average molecular weight is 331 g/mol. The van der Waals surface area contributed by atoms with E-state index in [1.807, 2.05) is 6.07 Å². The van der Waals surface area contributed by atoms with Gasteiger partial charge in [0.25, 0.3) is 5.69 Å². The normalized spacial score (nSPS) is 18.3. The van der Waals surface area contributed by atoms with Crippen LogP contribution in [-0.4, -0.2) is 30.9 Å². The molecule has 1 unspecified atom stereocenters. The Labute approximate surface area is 135 Å². The molecule has 0 saturated carbocycles. The Hall–Kier alpha value is -2.39. The van der Waals surface area contributed by atoms with Crippen LogP contribution in [0.5, 0.6) is 0 Å². The number of ether oxygens (including phenoxy) is 1. The Morgan fingerprint density at radius 1 is 1.35 bits per heavy atom. The maximum atomic E-state index is 11.4. The summed E-state index contributed by atoms with van der Waals surface area (Å²) >= 11 is 1.20. The lowest BCUT2D eigenvalue weighted by molar-refractivity contribution is -0.383. The number of rotatable bonds is 3. The Morgan fingerprint density at radius 2 is 2.26 bits per heavy atom. The highest BCUT2D eigenvalue weighted by Gasteiger charge is 2.23. The molecule has 0 N–H and O–H groups in total. The predicted octanol–water partition coefficient (Wildman–Crippen LogP) is 3.16. The summed E-state index contributed by atoms with van der Waals surface area (Å²) in [6.07, 6.45) is 5.93. The number of hydrogen-bond acceptors (Lipinski definition) is 7. The molecule has 23 heavy (non-hydrogen) atoms. The fraction of sp³-hybridized carbons (Fsp3) is 0.357. The summed E-state index contributed by atoms with van der Waals surface area (Å²) in [4.78, 5) is 11.8. The molecular formula is C14H13N5O3S. The Kier molecular flexibility index (Phi) is 3.50. The topological polar surface area (TPSA) is 96.0 Å². The maximum absolute atomic E-state index is 11.4. The van der Waals surface area contributed by atoms with E-state index in [0.717, 1.165) is 29.7 Å². The van der Waals surface area contributed by atoms with Gasteiger partial charge in [-0.1, -0.05) is 4.49 Å². The van der Waals surface area contributed by atoms with E-state index in [1.165, 1.54) is 11.5 Å². The molecule has 3 heterocycles. The second-order valence-corrected chi connectivity index (χ2v) is 6.16. The van der Waals surface area contributed by atoms with Crippen molar-refractivity contribution in [2.24, 2.45) is 0 Å².